The van der Waals surface area contributed by atoms with Crippen LogP contribution in [0.1, 0.15) is 25.8 Å². The standard InChI is InChI=1S/C12H19O3P/c1-4-10-16(13,14-5-2)15-12-8-6-11(3)7-9-12/h6-9H,4-5,10H2,1-3H3. The normalized spacial score (nSPS) is 14.4. The number of aryl methyl sites for hydroxylation is 1. The van der Waals surface area contributed by atoms with Crippen molar-refractivity contribution in [1.29, 1.82) is 0 Å². The largest absolute Gasteiger partial charge is 0.424 e. The average molecular weight is 242 g/mol. The van der Waals surface area contributed by atoms with Crippen molar-refractivity contribution in [3.8, 4) is 5.75 Å². The minimum Gasteiger partial charge on any atom is -0.424 e. The third kappa shape index (κ3) is 3.99. The fourth-order valence-corrected chi connectivity index (χ4v) is 3.02. The second-order valence-corrected chi connectivity index (χ2v) is 5.77. The molecule has 0 N–H and O–H groups in total. The molecule has 90 valence electrons. The smallest absolute Gasteiger partial charge is 0.379 e. The maximum atomic E-state index is 12.2. The zero-order valence-electron chi connectivity index (χ0n) is 10.1. The lowest BCUT2D eigenvalue weighted by molar-refractivity contribution is 0.279. The first-order valence-electron chi connectivity index (χ1n) is 5.59. The van der Waals surface area contributed by atoms with Crippen LogP contribution in [0.15, 0.2) is 24.3 Å². The maximum Gasteiger partial charge on any atom is 0.379 e. The first kappa shape index (κ1) is 13.3. The molecular formula is C12H19O3P. The molecule has 1 unspecified atom stereocenters. The summed E-state index contributed by atoms with van der Waals surface area (Å²) in [4.78, 5) is 0. The molecule has 0 amide bonds. The first-order chi connectivity index (χ1) is 7.59. The highest BCUT2D eigenvalue weighted by Gasteiger charge is 2.24. The molecule has 0 aliphatic carbocycles. The van der Waals surface area contributed by atoms with Gasteiger partial charge in [0, 0.05) is 0 Å². The lowest BCUT2D eigenvalue weighted by Gasteiger charge is -2.18. The molecule has 0 spiro atoms. The summed E-state index contributed by atoms with van der Waals surface area (Å²) in [5, 5.41) is 0. The van der Waals surface area contributed by atoms with E-state index >= 15 is 0 Å². The Balaban J connectivity index is 2.75. The third-order valence-corrected chi connectivity index (χ3v) is 4.22. The zero-order chi connectivity index (χ0) is 12.0. The van der Waals surface area contributed by atoms with Crippen molar-refractivity contribution < 1.29 is 13.6 Å². The molecule has 3 nitrogen and oxygen atoms in total. The summed E-state index contributed by atoms with van der Waals surface area (Å²) in [5.41, 5.74) is 1.15. The van der Waals surface area contributed by atoms with E-state index in [2.05, 4.69) is 0 Å². The van der Waals surface area contributed by atoms with Crippen molar-refractivity contribution in [2.24, 2.45) is 0 Å². The Labute approximate surface area is 97.3 Å². The first-order valence-corrected chi connectivity index (χ1v) is 7.32. The summed E-state index contributed by atoms with van der Waals surface area (Å²) < 4.78 is 22.9. The Kier molecular flexibility index (Phi) is 5.04. The summed E-state index contributed by atoms with van der Waals surface area (Å²) in [7, 11) is -2.96. The van der Waals surface area contributed by atoms with Gasteiger partial charge in [-0.2, -0.15) is 0 Å². The van der Waals surface area contributed by atoms with Crippen LogP contribution in [0.4, 0.5) is 0 Å². The van der Waals surface area contributed by atoms with Gasteiger partial charge in [-0.05, 0) is 32.4 Å². The molecule has 0 aliphatic heterocycles. The van der Waals surface area contributed by atoms with Gasteiger partial charge in [0.05, 0.1) is 12.8 Å². The molecule has 0 aromatic heterocycles. The van der Waals surface area contributed by atoms with Crippen molar-refractivity contribution in [3.05, 3.63) is 29.8 Å². The van der Waals surface area contributed by atoms with Gasteiger partial charge in [0.2, 0.25) is 0 Å². The van der Waals surface area contributed by atoms with Crippen LogP contribution in [0, 0.1) is 6.92 Å². The Morgan fingerprint density at radius 3 is 2.31 bits per heavy atom. The number of rotatable bonds is 6. The molecule has 0 bridgehead atoms. The van der Waals surface area contributed by atoms with Crippen molar-refractivity contribution in [3.63, 3.8) is 0 Å². The molecule has 0 fully saturated rings. The number of hydrogen-bond donors (Lipinski definition) is 0. The van der Waals surface area contributed by atoms with E-state index in [1.807, 2.05) is 45.0 Å². The van der Waals surface area contributed by atoms with Crippen LogP contribution in [0.5, 0.6) is 5.75 Å². The zero-order valence-corrected chi connectivity index (χ0v) is 11.0. The second kappa shape index (κ2) is 6.07. The van der Waals surface area contributed by atoms with E-state index < -0.39 is 7.60 Å². The summed E-state index contributed by atoms with van der Waals surface area (Å²) in [6.07, 6.45) is 1.23. The molecule has 1 atom stereocenters. The molecule has 1 aromatic carbocycles. The number of hydrogen-bond acceptors (Lipinski definition) is 3. The predicted molar refractivity (Wildman–Crippen MR) is 66.2 cm³/mol. The van der Waals surface area contributed by atoms with Crippen molar-refractivity contribution in [1.82, 2.24) is 0 Å². The molecule has 1 rings (SSSR count). The van der Waals surface area contributed by atoms with Crippen molar-refractivity contribution in [2.75, 3.05) is 12.8 Å². The van der Waals surface area contributed by atoms with Gasteiger partial charge in [0.15, 0.2) is 0 Å². The van der Waals surface area contributed by atoms with E-state index in [0.717, 1.165) is 12.0 Å². The van der Waals surface area contributed by atoms with Gasteiger partial charge in [-0.1, -0.05) is 24.6 Å². The van der Waals surface area contributed by atoms with Gasteiger partial charge < -0.3 is 9.05 Å². The van der Waals surface area contributed by atoms with Gasteiger partial charge in [-0.15, -0.1) is 0 Å². The molecule has 4 heteroatoms. The minimum absolute atomic E-state index is 0.406. The molecule has 0 saturated carbocycles. The highest BCUT2D eigenvalue weighted by atomic mass is 31.2. The third-order valence-electron chi connectivity index (χ3n) is 2.09. The van der Waals surface area contributed by atoms with E-state index in [1.165, 1.54) is 0 Å². The molecule has 1 aromatic rings. The van der Waals surface area contributed by atoms with E-state index in [4.69, 9.17) is 9.05 Å². The summed E-state index contributed by atoms with van der Waals surface area (Å²) in [6, 6.07) is 7.49. The quantitative estimate of drug-likeness (QED) is 0.707. The second-order valence-electron chi connectivity index (χ2n) is 3.66. The van der Waals surface area contributed by atoms with E-state index in [1.54, 1.807) is 0 Å². The van der Waals surface area contributed by atoms with Crippen LogP contribution in [0.3, 0.4) is 0 Å². The molecule has 0 radical (unpaired) electrons. The van der Waals surface area contributed by atoms with Gasteiger partial charge in [-0.25, -0.2) is 4.57 Å². The fourth-order valence-electron chi connectivity index (χ4n) is 1.37. The van der Waals surface area contributed by atoms with Crippen molar-refractivity contribution in [2.45, 2.75) is 27.2 Å². The lowest BCUT2D eigenvalue weighted by atomic mass is 10.2. The van der Waals surface area contributed by atoms with Gasteiger partial charge in [0.25, 0.3) is 0 Å². The Bertz CT molecular complexity index is 349. The topological polar surface area (TPSA) is 35.5 Å². The van der Waals surface area contributed by atoms with E-state index in [-0.39, 0.29) is 0 Å². The predicted octanol–water partition coefficient (Wildman–Crippen LogP) is 4.01. The van der Waals surface area contributed by atoms with Crippen LogP contribution >= 0.6 is 7.60 Å². The highest BCUT2D eigenvalue weighted by Crippen LogP contribution is 2.48. The fraction of sp³-hybridized carbons (Fsp3) is 0.500. The maximum absolute atomic E-state index is 12.2. The van der Waals surface area contributed by atoms with Crippen LogP contribution in [0.25, 0.3) is 0 Å². The number of benzene rings is 1. The van der Waals surface area contributed by atoms with Crippen molar-refractivity contribution >= 4 is 7.60 Å². The summed E-state index contributed by atoms with van der Waals surface area (Å²) >= 11 is 0. The minimum atomic E-state index is -2.96. The highest BCUT2D eigenvalue weighted by molar-refractivity contribution is 7.54. The van der Waals surface area contributed by atoms with Gasteiger partial charge >= 0.3 is 7.60 Å². The molecule has 0 aliphatic rings. The Morgan fingerprint density at radius 1 is 1.19 bits per heavy atom. The molecule has 0 saturated heterocycles. The van der Waals surface area contributed by atoms with Crippen LogP contribution < -0.4 is 4.52 Å². The average Bonchev–Trinajstić information content (AvgIpc) is 2.22. The van der Waals surface area contributed by atoms with E-state index in [9.17, 15) is 4.57 Å². The molecule has 0 heterocycles. The molecular weight excluding hydrogens is 223 g/mol. The molecule has 16 heavy (non-hydrogen) atoms. The van der Waals surface area contributed by atoms with Gasteiger partial charge in [0.1, 0.15) is 5.75 Å². The SMILES string of the molecule is CCCP(=O)(OCC)Oc1ccc(C)cc1. The van der Waals surface area contributed by atoms with Gasteiger partial charge in [-0.3, -0.25) is 0 Å². The van der Waals surface area contributed by atoms with E-state index in [0.29, 0.717) is 18.5 Å². The summed E-state index contributed by atoms with van der Waals surface area (Å²) in [6.45, 7) is 6.19. The Hall–Kier alpha value is -0.790. The lowest BCUT2D eigenvalue weighted by Crippen LogP contribution is -2.01. The Morgan fingerprint density at radius 2 is 1.81 bits per heavy atom. The van der Waals surface area contributed by atoms with Crippen LogP contribution in [-0.4, -0.2) is 12.8 Å². The van der Waals surface area contributed by atoms with Crippen LogP contribution in [0.2, 0.25) is 0 Å². The monoisotopic (exact) mass is 242 g/mol. The van der Waals surface area contributed by atoms with Crippen LogP contribution in [-0.2, 0) is 9.09 Å². The summed E-state index contributed by atoms with van der Waals surface area (Å²) in [5.74, 6) is 0.607.